The normalized spacial score (nSPS) is 13.6. The molecular weight excluding hydrogens is 248 g/mol. The van der Waals surface area contributed by atoms with Crippen molar-refractivity contribution < 1.29 is 9.59 Å². The number of benzene rings is 2. The average Bonchev–Trinajstić information content (AvgIpc) is 2.75. The Bertz CT molecular complexity index is 687. The molecule has 0 amide bonds. The van der Waals surface area contributed by atoms with Crippen LogP contribution in [0.25, 0.3) is 5.57 Å². The highest BCUT2D eigenvalue weighted by atomic mass is 16.2. The summed E-state index contributed by atoms with van der Waals surface area (Å²) >= 11 is 0. The van der Waals surface area contributed by atoms with Crippen molar-refractivity contribution in [2.24, 2.45) is 0 Å². The third-order valence-electron chi connectivity index (χ3n) is 3.65. The Kier molecular flexibility index (Phi) is 3.07. The van der Waals surface area contributed by atoms with Gasteiger partial charge in [0.2, 0.25) is 0 Å². The summed E-state index contributed by atoms with van der Waals surface area (Å²) in [5, 5.41) is 0. The van der Waals surface area contributed by atoms with Crippen molar-refractivity contribution >= 4 is 17.1 Å². The molecule has 2 aromatic carbocycles. The monoisotopic (exact) mass is 262 g/mol. The van der Waals surface area contributed by atoms with E-state index in [1.165, 1.54) is 0 Å². The molecule has 0 heterocycles. The quantitative estimate of drug-likeness (QED) is 0.607. The topological polar surface area (TPSA) is 34.1 Å². The second-order valence-electron chi connectivity index (χ2n) is 4.78. The highest BCUT2D eigenvalue weighted by molar-refractivity contribution is 6.42. The SMILES string of the molecule is CCC(=C1C(=O)c2ccccc2C1=O)c1ccccc1. The zero-order chi connectivity index (χ0) is 14.1. The van der Waals surface area contributed by atoms with E-state index in [0.717, 1.165) is 11.1 Å². The molecule has 0 saturated carbocycles. The molecule has 98 valence electrons. The molecule has 0 fully saturated rings. The van der Waals surface area contributed by atoms with Crippen molar-refractivity contribution in [3.63, 3.8) is 0 Å². The molecule has 0 unspecified atom stereocenters. The molecule has 0 aliphatic heterocycles. The molecule has 2 aromatic rings. The summed E-state index contributed by atoms with van der Waals surface area (Å²) in [5.41, 5.74) is 3.15. The van der Waals surface area contributed by atoms with Crippen molar-refractivity contribution in [1.82, 2.24) is 0 Å². The van der Waals surface area contributed by atoms with E-state index < -0.39 is 0 Å². The third-order valence-corrected chi connectivity index (χ3v) is 3.65. The van der Waals surface area contributed by atoms with Gasteiger partial charge in [-0.3, -0.25) is 9.59 Å². The maximum Gasteiger partial charge on any atom is 0.198 e. The number of allylic oxidation sites excluding steroid dienone is 2. The van der Waals surface area contributed by atoms with Crippen molar-refractivity contribution in [3.05, 3.63) is 76.9 Å². The van der Waals surface area contributed by atoms with Crippen LogP contribution in [0.3, 0.4) is 0 Å². The van der Waals surface area contributed by atoms with Crippen LogP contribution in [-0.4, -0.2) is 11.6 Å². The second kappa shape index (κ2) is 4.89. The van der Waals surface area contributed by atoms with E-state index in [0.29, 0.717) is 23.1 Å². The Labute approximate surface area is 117 Å². The molecule has 0 saturated heterocycles. The molecule has 0 radical (unpaired) electrons. The van der Waals surface area contributed by atoms with Gasteiger partial charge in [0.25, 0.3) is 0 Å². The van der Waals surface area contributed by atoms with Gasteiger partial charge in [-0.05, 0) is 17.6 Å². The first-order valence-electron chi connectivity index (χ1n) is 6.71. The molecule has 2 nitrogen and oxygen atoms in total. The predicted octanol–water partition coefficient (Wildman–Crippen LogP) is 3.93. The van der Waals surface area contributed by atoms with Gasteiger partial charge >= 0.3 is 0 Å². The molecule has 0 atom stereocenters. The fourth-order valence-corrected chi connectivity index (χ4v) is 2.69. The maximum atomic E-state index is 12.5. The number of fused-ring (bicyclic) bond motifs is 1. The van der Waals surface area contributed by atoms with E-state index >= 15 is 0 Å². The standard InChI is InChI=1S/C18H14O2/c1-2-13(12-8-4-3-5-9-12)16-17(19)14-10-6-7-11-15(14)18(16)20/h3-11H,2H2,1H3. The number of hydrogen-bond acceptors (Lipinski definition) is 2. The van der Waals surface area contributed by atoms with E-state index in [9.17, 15) is 9.59 Å². The molecule has 1 aliphatic carbocycles. The van der Waals surface area contributed by atoms with Crippen molar-refractivity contribution in [2.45, 2.75) is 13.3 Å². The first kappa shape index (κ1) is 12.5. The van der Waals surface area contributed by atoms with Crippen molar-refractivity contribution in [3.8, 4) is 0 Å². The fraction of sp³-hybridized carbons (Fsp3) is 0.111. The first-order chi connectivity index (χ1) is 9.74. The van der Waals surface area contributed by atoms with Crippen LogP contribution in [0.5, 0.6) is 0 Å². The third kappa shape index (κ3) is 1.81. The van der Waals surface area contributed by atoms with Gasteiger partial charge < -0.3 is 0 Å². The van der Waals surface area contributed by atoms with Crippen LogP contribution in [0.1, 0.15) is 39.6 Å². The molecular formula is C18H14O2. The van der Waals surface area contributed by atoms with Gasteiger partial charge in [-0.15, -0.1) is 0 Å². The minimum Gasteiger partial charge on any atom is -0.288 e. The van der Waals surface area contributed by atoms with E-state index in [-0.39, 0.29) is 11.6 Å². The summed E-state index contributed by atoms with van der Waals surface area (Å²) in [6.07, 6.45) is 0.658. The largest absolute Gasteiger partial charge is 0.288 e. The second-order valence-corrected chi connectivity index (χ2v) is 4.78. The molecule has 3 rings (SSSR count). The summed E-state index contributed by atoms with van der Waals surface area (Å²) in [6.45, 7) is 1.97. The number of ketones is 2. The highest BCUT2D eigenvalue weighted by Gasteiger charge is 2.34. The predicted molar refractivity (Wildman–Crippen MR) is 78.8 cm³/mol. The molecule has 1 aliphatic rings. The Balaban J connectivity index is 2.22. The Morgan fingerprint density at radius 1 is 0.800 bits per heavy atom. The number of carbonyl (C=O) groups is 2. The van der Waals surface area contributed by atoms with Crippen molar-refractivity contribution in [1.29, 1.82) is 0 Å². The van der Waals surface area contributed by atoms with Gasteiger partial charge in [0, 0.05) is 11.1 Å². The molecule has 0 bridgehead atoms. The van der Waals surface area contributed by atoms with Crippen LogP contribution in [0.15, 0.2) is 60.2 Å². The highest BCUT2D eigenvalue weighted by Crippen LogP contribution is 2.33. The Morgan fingerprint density at radius 2 is 1.30 bits per heavy atom. The van der Waals surface area contributed by atoms with Gasteiger partial charge in [0.05, 0.1) is 5.57 Å². The molecule has 20 heavy (non-hydrogen) atoms. The lowest BCUT2D eigenvalue weighted by atomic mass is 9.95. The summed E-state index contributed by atoms with van der Waals surface area (Å²) < 4.78 is 0. The van der Waals surface area contributed by atoms with Gasteiger partial charge in [0.15, 0.2) is 11.6 Å². The summed E-state index contributed by atoms with van der Waals surface area (Å²) in [4.78, 5) is 25.0. The first-order valence-corrected chi connectivity index (χ1v) is 6.71. The summed E-state index contributed by atoms with van der Waals surface area (Å²) in [7, 11) is 0. The molecule has 0 aromatic heterocycles. The number of Topliss-reactive ketones (excluding diaryl/α,β-unsaturated/α-hetero) is 2. The number of rotatable bonds is 2. The Morgan fingerprint density at radius 3 is 1.80 bits per heavy atom. The molecule has 0 N–H and O–H groups in total. The zero-order valence-corrected chi connectivity index (χ0v) is 11.2. The maximum absolute atomic E-state index is 12.5. The zero-order valence-electron chi connectivity index (χ0n) is 11.2. The lowest BCUT2D eigenvalue weighted by Gasteiger charge is -2.07. The summed E-state index contributed by atoms with van der Waals surface area (Å²) in [6, 6.07) is 16.7. The van der Waals surface area contributed by atoms with Crippen LogP contribution in [0.2, 0.25) is 0 Å². The van der Waals surface area contributed by atoms with Gasteiger partial charge in [-0.2, -0.15) is 0 Å². The average molecular weight is 262 g/mol. The van der Waals surface area contributed by atoms with E-state index in [4.69, 9.17) is 0 Å². The van der Waals surface area contributed by atoms with Gasteiger partial charge in [-0.1, -0.05) is 61.5 Å². The van der Waals surface area contributed by atoms with E-state index in [1.54, 1.807) is 24.3 Å². The van der Waals surface area contributed by atoms with E-state index in [2.05, 4.69) is 0 Å². The Hall–Kier alpha value is -2.48. The minimum atomic E-state index is -0.147. The van der Waals surface area contributed by atoms with Crippen molar-refractivity contribution in [2.75, 3.05) is 0 Å². The van der Waals surface area contributed by atoms with Gasteiger partial charge in [-0.25, -0.2) is 0 Å². The lowest BCUT2D eigenvalue weighted by molar-refractivity contribution is 0.0989. The lowest BCUT2D eigenvalue weighted by Crippen LogP contribution is -2.05. The van der Waals surface area contributed by atoms with Crippen LogP contribution in [0.4, 0.5) is 0 Å². The van der Waals surface area contributed by atoms with Gasteiger partial charge in [0.1, 0.15) is 0 Å². The van der Waals surface area contributed by atoms with Crippen LogP contribution in [0, 0.1) is 0 Å². The number of carbonyl (C=O) groups excluding carboxylic acids is 2. The molecule has 2 heteroatoms. The minimum absolute atomic E-state index is 0.147. The smallest absolute Gasteiger partial charge is 0.198 e. The fourth-order valence-electron chi connectivity index (χ4n) is 2.69. The summed E-state index contributed by atoms with van der Waals surface area (Å²) in [5.74, 6) is -0.294. The van der Waals surface area contributed by atoms with E-state index in [1.807, 2.05) is 37.3 Å². The van der Waals surface area contributed by atoms with Crippen LogP contribution < -0.4 is 0 Å². The van der Waals surface area contributed by atoms with Crippen LogP contribution in [-0.2, 0) is 0 Å². The van der Waals surface area contributed by atoms with Crippen LogP contribution >= 0.6 is 0 Å². The number of hydrogen-bond donors (Lipinski definition) is 0. The molecule has 0 spiro atoms.